The number of anilines is 2. The average Bonchev–Trinajstić information content (AvgIpc) is 2.84. The van der Waals surface area contributed by atoms with E-state index in [9.17, 15) is 9.59 Å². The molecule has 0 saturated heterocycles. The van der Waals surface area contributed by atoms with Gasteiger partial charge in [0.15, 0.2) is 0 Å². The Morgan fingerprint density at radius 2 is 1.76 bits per heavy atom. The number of benzene rings is 2. The van der Waals surface area contributed by atoms with Crippen molar-refractivity contribution in [3.63, 3.8) is 0 Å². The number of carbonyl (C=O) groups excluding carboxylic acids is 2. The Morgan fingerprint density at radius 3 is 2.45 bits per heavy atom. The van der Waals surface area contributed by atoms with Gasteiger partial charge in [0.1, 0.15) is 0 Å². The summed E-state index contributed by atoms with van der Waals surface area (Å²) in [5.74, 6) is 0.0109. The molecule has 7 heteroatoms. The molecule has 2 aromatic carbocycles. The fourth-order valence-electron chi connectivity index (χ4n) is 4.41. The van der Waals surface area contributed by atoms with Crippen LogP contribution >= 0.6 is 0 Å². The van der Waals surface area contributed by atoms with Gasteiger partial charge in [0, 0.05) is 41.7 Å². The summed E-state index contributed by atoms with van der Waals surface area (Å²) in [5.41, 5.74) is 9.69. The van der Waals surface area contributed by atoms with E-state index in [1.165, 1.54) is 19.3 Å². The minimum atomic E-state index is -0.467. The van der Waals surface area contributed by atoms with Gasteiger partial charge in [0.25, 0.3) is 5.91 Å². The minimum absolute atomic E-state index is 0.0523. The maximum Gasteiger partial charge on any atom is 0.253 e. The summed E-state index contributed by atoms with van der Waals surface area (Å²) in [6, 6.07) is 14.9. The average molecular weight is 444 g/mol. The van der Waals surface area contributed by atoms with Gasteiger partial charge in [0.2, 0.25) is 11.9 Å². The van der Waals surface area contributed by atoms with E-state index in [0.717, 1.165) is 29.7 Å². The first kappa shape index (κ1) is 22.5. The number of hydrogen-bond donors (Lipinski definition) is 2. The van der Waals surface area contributed by atoms with Crippen LogP contribution in [-0.2, 0) is 0 Å². The van der Waals surface area contributed by atoms with Gasteiger partial charge in [-0.3, -0.25) is 9.59 Å². The third-order valence-electron chi connectivity index (χ3n) is 6.36. The summed E-state index contributed by atoms with van der Waals surface area (Å²) in [5, 5.41) is 3.19. The molecule has 0 spiro atoms. The van der Waals surface area contributed by atoms with Gasteiger partial charge >= 0.3 is 0 Å². The Hall–Kier alpha value is -3.74. The van der Waals surface area contributed by atoms with Crippen LogP contribution in [0.1, 0.15) is 58.4 Å². The van der Waals surface area contributed by atoms with Crippen LogP contribution in [0.3, 0.4) is 0 Å². The molecular weight excluding hydrogens is 414 g/mol. The van der Waals surface area contributed by atoms with E-state index in [1.54, 1.807) is 24.4 Å². The van der Waals surface area contributed by atoms with Gasteiger partial charge in [-0.05, 0) is 61.7 Å². The van der Waals surface area contributed by atoms with E-state index in [2.05, 4.69) is 15.3 Å². The molecule has 0 atom stereocenters. The monoisotopic (exact) mass is 443 g/mol. The number of hydrogen-bond acceptors (Lipinski definition) is 5. The van der Waals surface area contributed by atoms with E-state index in [-0.39, 0.29) is 5.91 Å². The van der Waals surface area contributed by atoms with Gasteiger partial charge in [0.05, 0.1) is 5.69 Å². The SMILES string of the molecule is Cc1c(C(N)=O)cccc1-c1ccnc(Nc2ccc(C(=O)N(C)C3CCCCC3)cc2)n1. The van der Waals surface area contributed by atoms with Crippen LogP contribution in [0.25, 0.3) is 11.3 Å². The van der Waals surface area contributed by atoms with E-state index in [4.69, 9.17) is 5.73 Å². The highest BCUT2D eigenvalue weighted by atomic mass is 16.2. The predicted molar refractivity (Wildman–Crippen MR) is 129 cm³/mol. The highest BCUT2D eigenvalue weighted by molar-refractivity contribution is 5.96. The number of amides is 2. The molecular formula is C26H29N5O2. The summed E-state index contributed by atoms with van der Waals surface area (Å²) in [6.07, 6.45) is 7.47. The van der Waals surface area contributed by atoms with Crippen molar-refractivity contribution < 1.29 is 9.59 Å². The molecule has 1 aliphatic rings. The van der Waals surface area contributed by atoms with E-state index < -0.39 is 5.91 Å². The summed E-state index contributed by atoms with van der Waals surface area (Å²) in [7, 11) is 1.90. The molecule has 1 heterocycles. The number of nitrogens with zero attached hydrogens (tertiary/aromatic N) is 3. The van der Waals surface area contributed by atoms with Crippen LogP contribution in [0.4, 0.5) is 11.6 Å². The first-order chi connectivity index (χ1) is 15.9. The lowest BCUT2D eigenvalue weighted by Crippen LogP contribution is -2.38. The second-order valence-corrected chi connectivity index (χ2v) is 8.52. The first-order valence-corrected chi connectivity index (χ1v) is 11.3. The lowest BCUT2D eigenvalue weighted by atomic mass is 9.94. The van der Waals surface area contributed by atoms with Gasteiger partial charge in [-0.1, -0.05) is 31.4 Å². The molecule has 3 N–H and O–H groups in total. The summed E-state index contributed by atoms with van der Waals surface area (Å²) in [4.78, 5) is 35.3. The number of primary amides is 1. The largest absolute Gasteiger partial charge is 0.366 e. The van der Waals surface area contributed by atoms with Crippen molar-refractivity contribution in [3.8, 4) is 11.3 Å². The van der Waals surface area contributed by atoms with Crippen LogP contribution in [0.2, 0.25) is 0 Å². The Morgan fingerprint density at radius 1 is 1.03 bits per heavy atom. The molecule has 1 aromatic heterocycles. The number of rotatable bonds is 6. The zero-order valence-corrected chi connectivity index (χ0v) is 19.0. The summed E-state index contributed by atoms with van der Waals surface area (Å²) >= 11 is 0. The molecule has 170 valence electrons. The predicted octanol–water partition coefficient (Wildman–Crippen LogP) is 4.70. The zero-order chi connectivity index (χ0) is 23.4. The Bertz CT molecular complexity index is 1150. The van der Waals surface area contributed by atoms with Gasteiger partial charge in [-0.15, -0.1) is 0 Å². The second kappa shape index (κ2) is 9.81. The van der Waals surface area contributed by atoms with Crippen LogP contribution in [-0.4, -0.2) is 39.8 Å². The molecule has 2 amide bonds. The molecule has 1 aliphatic carbocycles. The number of aromatic nitrogens is 2. The van der Waals surface area contributed by atoms with Crippen molar-refractivity contribution in [1.29, 1.82) is 0 Å². The number of carbonyl (C=O) groups is 2. The van der Waals surface area contributed by atoms with Gasteiger partial charge in [-0.25, -0.2) is 9.97 Å². The zero-order valence-electron chi connectivity index (χ0n) is 19.0. The first-order valence-electron chi connectivity index (χ1n) is 11.3. The van der Waals surface area contributed by atoms with Crippen molar-refractivity contribution in [1.82, 2.24) is 14.9 Å². The molecule has 0 unspecified atom stereocenters. The lowest BCUT2D eigenvalue weighted by molar-refractivity contribution is 0.0696. The molecule has 3 aromatic rings. The standard InChI is InChI=1S/C26H29N5O2/c1-17-21(9-6-10-22(17)24(27)32)23-15-16-28-26(30-23)29-19-13-11-18(12-14-19)25(33)31(2)20-7-4-3-5-8-20/h6,9-16,20H,3-5,7-8H2,1-2H3,(H2,27,32)(H,28,29,30). The molecule has 7 nitrogen and oxygen atoms in total. The van der Waals surface area contributed by atoms with Crippen molar-refractivity contribution >= 4 is 23.5 Å². The fraction of sp³-hybridized carbons (Fsp3) is 0.308. The summed E-state index contributed by atoms with van der Waals surface area (Å²) < 4.78 is 0. The fourth-order valence-corrected chi connectivity index (χ4v) is 4.41. The van der Waals surface area contributed by atoms with Crippen LogP contribution in [0, 0.1) is 6.92 Å². The van der Waals surface area contributed by atoms with E-state index >= 15 is 0 Å². The maximum atomic E-state index is 12.9. The molecule has 33 heavy (non-hydrogen) atoms. The Balaban J connectivity index is 1.48. The second-order valence-electron chi connectivity index (χ2n) is 8.52. The molecule has 0 radical (unpaired) electrons. The quantitative estimate of drug-likeness (QED) is 0.575. The van der Waals surface area contributed by atoms with Crippen molar-refractivity contribution in [2.45, 2.75) is 45.1 Å². The van der Waals surface area contributed by atoms with Gasteiger partial charge in [-0.2, -0.15) is 0 Å². The highest BCUT2D eigenvalue weighted by Gasteiger charge is 2.23. The van der Waals surface area contributed by atoms with Crippen LogP contribution in [0.15, 0.2) is 54.7 Å². The van der Waals surface area contributed by atoms with E-state index in [0.29, 0.717) is 28.8 Å². The molecule has 4 rings (SSSR count). The molecule has 0 aliphatic heterocycles. The number of nitrogens with one attached hydrogen (secondary N) is 1. The summed E-state index contributed by atoms with van der Waals surface area (Å²) in [6.45, 7) is 1.85. The lowest BCUT2D eigenvalue weighted by Gasteiger charge is -2.31. The van der Waals surface area contributed by atoms with Crippen molar-refractivity contribution in [2.24, 2.45) is 5.73 Å². The van der Waals surface area contributed by atoms with Crippen LogP contribution in [0.5, 0.6) is 0 Å². The van der Waals surface area contributed by atoms with E-state index in [1.807, 2.05) is 49.2 Å². The van der Waals surface area contributed by atoms with Gasteiger partial charge < -0.3 is 16.0 Å². The minimum Gasteiger partial charge on any atom is -0.366 e. The van der Waals surface area contributed by atoms with Crippen molar-refractivity contribution in [3.05, 3.63) is 71.4 Å². The van der Waals surface area contributed by atoms with Crippen LogP contribution < -0.4 is 11.1 Å². The molecule has 1 fully saturated rings. The van der Waals surface area contributed by atoms with Crippen molar-refractivity contribution in [2.75, 3.05) is 12.4 Å². The molecule has 0 bridgehead atoms. The highest BCUT2D eigenvalue weighted by Crippen LogP contribution is 2.26. The topological polar surface area (TPSA) is 101 Å². The molecule has 1 saturated carbocycles. The Labute approximate surface area is 194 Å². The normalized spacial score (nSPS) is 14.0. The maximum absolute atomic E-state index is 12.9. The third-order valence-corrected chi connectivity index (χ3v) is 6.36. The smallest absolute Gasteiger partial charge is 0.253 e. The Kier molecular flexibility index (Phi) is 6.68. The third kappa shape index (κ3) is 5.03. The number of nitrogens with two attached hydrogens (primary N) is 1.